The number of alkyl carbamates (subject to hydrolysis) is 1. The maximum Gasteiger partial charge on any atom is 0.408 e. The highest BCUT2D eigenvalue weighted by atomic mass is 35.5. The molecule has 0 bridgehead atoms. The third-order valence-corrected chi connectivity index (χ3v) is 4.63. The fourth-order valence-corrected chi connectivity index (χ4v) is 3.26. The number of pyridine rings is 1. The van der Waals surface area contributed by atoms with Crippen molar-refractivity contribution in [3.8, 4) is 5.69 Å². The van der Waals surface area contributed by atoms with Crippen molar-refractivity contribution in [2.45, 2.75) is 38.8 Å². The van der Waals surface area contributed by atoms with Gasteiger partial charge in [0.25, 0.3) is 0 Å². The molecule has 2 unspecified atom stereocenters. The molecule has 2 atom stereocenters. The second kappa shape index (κ2) is 8.24. The number of hydrogen-bond acceptors (Lipinski definition) is 5. The zero-order chi connectivity index (χ0) is 21.2. The molecule has 9 heteroatoms. The maximum atomic E-state index is 12.9. The molecule has 3 rings (SSSR count). The average Bonchev–Trinajstić information content (AvgIpc) is 3.26. The van der Waals surface area contributed by atoms with E-state index >= 15 is 0 Å². The van der Waals surface area contributed by atoms with Crippen LogP contribution in [0.2, 0.25) is 5.15 Å². The van der Waals surface area contributed by atoms with Crippen molar-refractivity contribution >= 4 is 29.3 Å². The highest BCUT2D eigenvalue weighted by Crippen LogP contribution is 2.28. The Bertz CT molecular complexity index is 920. The highest BCUT2D eigenvalue weighted by Gasteiger charge is 2.30. The van der Waals surface area contributed by atoms with E-state index in [1.165, 1.54) is 4.90 Å². The van der Waals surface area contributed by atoms with E-state index in [9.17, 15) is 9.59 Å². The minimum absolute atomic E-state index is 0.137. The van der Waals surface area contributed by atoms with Gasteiger partial charge in [-0.3, -0.25) is 9.78 Å². The van der Waals surface area contributed by atoms with E-state index in [-0.39, 0.29) is 23.0 Å². The van der Waals surface area contributed by atoms with E-state index in [2.05, 4.69) is 15.4 Å². The number of halogens is 1. The number of amides is 2. The van der Waals surface area contributed by atoms with Crippen molar-refractivity contribution < 1.29 is 14.3 Å². The Morgan fingerprint density at radius 3 is 2.76 bits per heavy atom. The van der Waals surface area contributed by atoms with Gasteiger partial charge < -0.3 is 15.0 Å². The average molecular weight is 418 g/mol. The zero-order valence-corrected chi connectivity index (χ0v) is 17.6. The molecular formula is C20H24ClN5O3. The van der Waals surface area contributed by atoms with Crippen LogP contribution in [0.3, 0.4) is 0 Å². The van der Waals surface area contributed by atoms with E-state index in [0.29, 0.717) is 12.1 Å². The van der Waals surface area contributed by atoms with Crippen LogP contribution in [0.1, 0.15) is 27.2 Å². The number of rotatable bonds is 4. The SMILES string of the molecule is CN(C(=O)C1C=CC(NC(=O)OC(C)(C)C)C1)c1cn(-c2cccnc2)nc1Cl. The molecule has 0 aromatic carbocycles. The number of hydrogen-bond donors (Lipinski definition) is 1. The van der Waals surface area contributed by atoms with Crippen molar-refractivity contribution in [2.75, 3.05) is 11.9 Å². The Labute approximate surface area is 174 Å². The molecule has 2 aromatic rings. The smallest absolute Gasteiger partial charge is 0.408 e. The second-order valence-electron chi connectivity index (χ2n) is 7.84. The monoisotopic (exact) mass is 417 g/mol. The fourth-order valence-electron chi connectivity index (χ4n) is 3.01. The topological polar surface area (TPSA) is 89.4 Å². The number of nitrogens with one attached hydrogen (secondary N) is 1. The van der Waals surface area contributed by atoms with Gasteiger partial charge in [0.15, 0.2) is 5.15 Å². The van der Waals surface area contributed by atoms with Gasteiger partial charge in [-0.15, -0.1) is 0 Å². The van der Waals surface area contributed by atoms with Crippen LogP contribution in [0.15, 0.2) is 42.9 Å². The lowest BCUT2D eigenvalue weighted by molar-refractivity contribution is -0.120. The van der Waals surface area contributed by atoms with Gasteiger partial charge in [0.2, 0.25) is 5.91 Å². The Kier molecular flexibility index (Phi) is 5.93. The normalized spacial score (nSPS) is 18.5. The van der Waals surface area contributed by atoms with Crippen molar-refractivity contribution in [3.63, 3.8) is 0 Å². The molecule has 2 aromatic heterocycles. The van der Waals surface area contributed by atoms with Gasteiger partial charge in [0.05, 0.1) is 30.0 Å². The van der Waals surface area contributed by atoms with Crippen LogP contribution in [0, 0.1) is 5.92 Å². The van der Waals surface area contributed by atoms with Gasteiger partial charge in [0.1, 0.15) is 11.3 Å². The van der Waals surface area contributed by atoms with Crippen LogP contribution in [0.5, 0.6) is 0 Å². The van der Waals surface area contributed by atoms with E-state index < -0.39 is 11.7 Å². The molecule has 0 radical (unpaired) electrons. The minimum atomic E-state index is -0.576. The molecule has 154 valence electrons. The lowest BCUT2D eigenvalue weighted by Crippen LogP contribution is -2.39. The van der Waals surface area contributed by atoms with Crippen LogP contribution >= 0.6 is 11.6 Å². The predicted molar refractivity (Wildman–Crippen MR) is 110 cm³/mol. The molecule has 1 aliphatic rings. The van der Waals surface area contributed by atoms with E-state index in [4.69, 9.17) is 16.3 Å². The summed E-state index contributed by atoms with van der Waals surface area (Å²) in [6.07, 6.45) is 8.56. The van der Waals surface area contributed by atoms with Crippen LogP contribution in [0.25, 0.3) is 5.69 Å². The summed E-state index contributed by atoms with van der Waals surface area (Å²) < 4.78 is 6.84. The Morgan fingerprint density at radius 1 is 1.34 bits per heavy atom. The molecule has 1 N–H and O–H groups in total. The first-order chi connectivity index (χ1) is 13.6. The van der Waals surface area contributed by atoms with Crippen LogP contribution in [-0.4, -0.2) is 45.5 Å². The molecule has 2 amide bonds. The molecule has 2 heterocycles. The Morgan fingerprint density at radius 2 is 2.10 bits per heavy atom. The number of nitrogens with zero attached hydrogens (tertiary/aromatic N) is 4. The standard InChI is InChI=1S/C20H24ClN5O3/c1-20(2,3)29-19(28)23-14-8-7-13(10-14)18(27)25(4)16-12-26(24-17(16)21)15-6-5-9-22-11-15/h5-9,11-14H,10H2,1-4H3,(H,23,28). The molecule has 0 fully saturated rings. The summed E-state index contributed by atoms with van der Waals surface area (Å²) in [4.78, 5) is 30.4. The van der Waals surface area contributed by atoms with Crippen molar-refractivity contribution in [1.82, 2.24) is 20.1 Å². The molecule has 0 saturated heterocycles. The summed E-state index contributed by atoms with van der Waals surface area (Å²) in [5.74, 6) is -0.514. The molecule has 0 saturated carbocycles. The lowest BCUT2D eigenvalue weighted by atomic mass is 10.1. The van der Waals surface area contributed by atoms with E-state index in [0.717, 1.165) is 5.69 Å². The summed E-state index contributed by atoms with van der Waals surface area (Å²) >= 11 is 6.26. The molecule has 8 nitrogen and oxygen atoms in total. The first kappa shape index (κ1) is 20.9. The second-order valence-corrected chi connectivity index (χ2v) is 8.20. The number of carbonyl (C=O) groups excluding carboxylic acids is 2. The summed E-state index contributed by atoms with van der Waals surface area (Å²) in [6, 6.07) is 3.37. The lowest BCUT2D eigenvalue weighted by Gasteiger charge is -2.22. The number of aromatic nitrogens is 3. The summed E-state index contributed by atoms with van der Waals surface area (Å²) in [5.41, 5.74) is 0.661. The summed E-state index contributed by atoms with van der Waals surface area (Å²) in [7, 11) is 1.65. The first-order valence-electron chi connectivity index (χ1n) is 9.25. The number of anilines is 1. The highest BCUT2D eigenvalue weighted by molar-refractivity contribution is 6.32. The maximum absolute atomic E-state index is 12.9. The van der Waals surface area contributed by atoms with Crippen molar-refractivity contribution in [3.05, 3.63) is 48.0 Å². The van der Waals surface area contributed by atoms with Gasteiger partial charge in [-0.2, -0.15) is 5.10 Å². The minimum Gasteiger partial charge on any atom is -0.444 e. The van der Waals surface area contributed by atoms with Gasteiger partial charge in [-0.1, -0.05) is 23.8 Å². The molecule has 1 aliphatic carbocycles. The van der Waals surface area contributed by atoms with Gasteiger partial charge >= 0.3 is 6.09 Å². The van der Waals surface area contributed by atoms with Gasteiger partial charge in [-0.05, 0) is 39.3 Å². The first-order valence-corrected chi connectivity index (χ1v) is 9.63. The van der Waals surface area contributed by atoms with E-state index in [1.807, 2.05) is 6.07 Å². The van der Waals surface area contributed by atoms with Crippen molar-refractivity contribution in [2.24, 2.45) is 5.92 Å². The van der Waals surface area contributed by atoms with Gasteiger partial charge in [-0.25, -0.2) is 9.48 Å². The summed E-state index contributed by atoms with van der Waals surface area (Å²) in [5, 5.41) is 7.24. The Hall–Kier alpha value is -2.87. The van der Waals surface area contributed by atoms with E-state index in [1.54, 1.807) is 69.3 Å². The number of ether oxygens (including phenoxy) is 1. The van der Waals surface area contributed by atoms with Gasteiger partial charge in [0, 0.05) is 13.2 Å². The third-order valence-electron chi connectivity index (χ3n) is 4.36. The summed E-state index contributed by atoms with van der Waals surface area (Å²) in [6.45, 7) is 5.40. The molecule has 0 spiro atoms. The molecule has 0 aliphatic heterocycles. The van der Waals surface area contributed by atoms with Crippen LogP contribution in [0.4, 0.5) is 10.5 Å². The fraction of sp³-hybridized carbons (Fsp3) is 0.400. The third kappa shape index (κ3) is 5.14. The van der Waals surface area contributed by atoms with Crippen molar-refractivity contribution in [1.29, 1.82) is 0 Å². The zero-order valence-electron chi connectivity index (χ0n) is 16.8. The largest absolute Gasteiger partial charge is 0.444 e. The Balaban J connectivity index is 1.64. The number of carbonyl (C=O) groups is 2. The predicted octanol–water partition coefficient (Wildman–Crippen LogP) is 3.35. The molecular weight excluding hydrogens is 394 g/mol. The quantitative estimate of drug-likeness (QED) is 0.770. The van der Waals surface area contributed by atoms with Crippen LogP contribution < -0.4 is 10.2 Å². The molecule has 29 heavy (non-hydrogen) atoms. The van der Waals surface area contributed by atoms with Crippen LogP contribution in [-0.2, 0) is 9.53 Å².